The molecule has 0 amide bonds. The summed E-state index contributed by atoms with van der Waals surface area (Å²) in [4.78, 5) is 4.75. The third-order valence-corrected chi connectivity index (χ3v) is 5.46. The standard InChI is InChI=1S/C16H15NS2/c1-12(13-7-3-2-4-8-13)19-16-17-15-10-6-5-9-14(15)11-18-16/h2-10,12H,11H2,1H3. The minimum atomic E-state index is 0.442. The van der Waals surface area contributed by atoms with E-state index in [9.17, 15) is 0 Å². The molecule has 0 saturated heterocycles. The van der Waals surface area contributed by atoms with Crippen molar-refractivity contribution in [3.63, 3.8) is 0 Å². The zero-order valence-corrected chi connectivity index (χ0v) is 12.4. The maximum Gasteiger partial charge on any atom is 0.131 e. The van der Waals surface area contributed by atoms with Gasteiger partial charge in [0.1, 0.15) is 4.38 Å². The number of benzene rings is 2. The predicted octanol–water partition coefficient (Wildman–Crippen LogP) is 5.42. The second kappa shape index (κ2) is 5.85. The highest BCUT2D eigenvalue weighted by atomic mass is 32.2. The minimum absolute atomic E-state index is 0.442. The molecule has 1 atom stereocenters. The highest BCUT2D eigenvalue weighted by Crippen LogP contribution is 2.39. The zero-order valence-electron chi connectivity index (χ0n) is 10.7. The summed E-state index contributed by atoms with van der Waals surface area (Å²) < 4.78 is 1.18. The topological polar surface area (TPSA) is 12.4 Å². The molecule has 19 heavy (non-hydrogen) atoms. The first-order chi connectivity index (χ1) is 9.33. The smallest absolute Gasteiger partial charge is 0.131 e. The van der Waals surface area contributed by atoms with Crippen molar-refractivity contribution in [2.75, 3.05) is 0 Å². The van der Waals surface area contributed by atoms with E-state index in [1.165, 1.54) is 15.5 Å². The monoisotopic (exact) mass is 285 g/mol. The van der Waals surface area contributed by atoms with Crippen molar-refractivity contribution in [2.45, 2.75) is 17.9 Å². The summed E-state index contributed by atoms with van der Waals surface area (Å²) in [5.74, 6) is 1.03. The molecule has 1 unspecified atom stereocenters. The Bertz CT molecular complexity index is 593. The van der Waals surface area contributed by atoms with Crippen LogP contribution in [0.4, 0.5) is 5.69 Å². The van der Waals surface area contributed by atoms with Gasteiger partial charge >= 0.3 is 0 Å². The lowest BCUT2D eigenvalue weighted by Gasteiger charge is -2.17. The number of rotatable bonds is 2. The number of hydrogen-bond acceptors (Lipinski definition) is 3. The van der Waals surface area contributed by atoms with Crippen LogP contribution < -0.4 is 0 Å². The highest BCUT2D eigenvalue weighted by Gasteiger charge is 2.16. The Balaban J connectivity index is 1.77. The average molecular weight is 285 g/mol. The SMILES string of the molecule is CC(SC1=Nc2ccccc2CS1)c1ccccc1. The van der Waals surface area contributed by atoms with E-state index in [1.54, 1.807) is 0 Å². The molecule has 1 aliphatic rings. The van der Waals surface area contributed by atoms with Crippen LogP contribution >= 0.6 is 23.5 Å². The van der Waals surface area contributed by atoms with Gasteiger partial charge in [0.15, 0.2) is 0 Å². The number of aliphatic imine (C=N–C) groups is 1. The van der Waals surface area contributed by atoms with Crippen LogP contribution in [0.5, 0.6) is 0 Å². The van der Waals surface area contributed by atoms with E-state index < -0.39 is 0 Å². The molecule has 0 radical (unpaired) electrons. The Hall–Kier alpha value is -1.19. The minimum Gasteiger partial charge on any atom is -0.235 e. The molecule has 0 aromatic heterocycles. The number of nitrogens with zero attached hydrogens (tertiary/aromatic N) is 1. The van der Waals surface area contributed by atoms with Gasteiger partial charge < -0.3 is 0 Å². The van der Waals surface area contributed by atoms with E-state index >= 15 is 0 Å². The Morgan fingerprint density at radius 3 is 2.63 bits per heavy atom. The van der Waals surface area contributed by atoms with E-state index in [1.807, 2.05) is 23.5 Å². The van der Waals surface area contributed by atoms with Crippen LogP contribution in [0.2, 0.25) is 0 Å². The van der Waals surface area contributed by atoms with Crippen molar-refractivity contribution in [2.24, 2.45) is 4.99 Å². The first-order valence-electron chi connectivity index (χ1n) is 6.34. The Morgan fingerprint density at radius 1 is 1.05 bits per heavy atom. The second-order valence-electron chi connectivity index (χ2n) is 4.47. The highest BCUT2D eigenvalue weighted by molar-refractivity contribution is 8.38. The lowest BCUT2D eigenvalue weighted by atomic mass is 10.2. The number of thioether (sulfide) groups is 2. The Morgan fingerprint density at radius 2 is 1.79 bits per heavy atom. The molecule has 3 heteroatoms. The van der Waals surface area contributed by atoms with Gasteiger partial charge in [-0.3, -0.25) is 0 Å². The average Bonchev–Trinajstić information content (AvgIpc) is 2.48. The molecule has 0 spiro atoms. The molecule has 1 nitrogen and oxygen atoms in total. The zero-order chi connectivity index (χ0) is 13.1. The molecule has 0 saturated carbocycles. The fourth-order valence-corrected chi connectivity index (χ4v) is 4.33. The largest absolute Gasteiger partial charge is 0.235 e. The van der Waals surface area contributed by atoms with Crippen molar-refractivity contribution >= 4 is 33.6 Å². The molecule has 1 aliphatic heterocycles. The van der Waals surface area contributed by atoms with Gasteiger partial charge in [0.2, 0.25) is 0 Å². The number of hydrogen-bond donors (Lipinski definition) is 0. The fourth-order valence-electron chi connectivity index (χ4n) is 2.02. The third-order valence-electron chi connectivity index (χ3n) is 3.10. The molecule has 2 aromatic rings. The first kappa shape index (κ1) is 12.8. The van der Waals surface area contributed by atoms with Crippen molar-refractivity contribution in [3.05, 3.63) is 65.7 Å². The summed E-state index contributed by atoms with van der Waals surface area (Å²) in [5, 5.41) is 0.442. The molecule has 0 fully saturated rings. The Labute approximate surface area is 122 Å². The normalized spacial score (nSPS) is 15.5. The molecule has 2 aromatic carbocycles. The van der Waals surface area contributed by atoms with Gasteiger partial charge in [0.25, 0.3) is 0 Å². The number of para-hydroxylation sites is 1. The number of fused-ring (bicyclic) bond motifs is 1. The second-order valence-corrected chi connectivity index (χ2v) is 7.02. The summed E-state index contributed by atoms with van der Waals surface area (Å²) in [5.41, 5.74) is 3.82. The first-order valence-corrected chi connectivity index (χ1v) is 8.20. The van der Waals surface area contributed by atoms with E-state index in [0.29, 0.717) is 5.25 Å². The quantitative estimate of drug-likeness (QED) is 0.731. The van der Waals surface area contributed by atoms with Gasteiger partial charge in [-0.15, -0.1) is 0 Å². The van der Waals surface area contributed by atoms with E-state index in [4.69, 9.17) is 4.99 Å². The van der Waals surface area contributed by atoms with Crippen LogP contribution in [0.3, 0.4) is 0 Å². The summed E-state index contributed by atoms with van der Waals surface area (Å²) in [6, 6.07) is 19.0. The van der Waals surface area contributed by atoms with Crippen molar-refractivity contribution in [3.8, 4) is 0 Å². The van der Waals surface area contributed by atoms with Crippen molar-refractivity contribution in [1.82, 2.24) is 0 Å². The lowest BCUT2D eigenvalue weighted by molar-refractivity contribution is 1.11. The molecular formula is C16H15NS2. The fraction of sp³-hybridized carbons (Fsp3) is 0.188. The molecule has 0 N–H and O–H groups in total. The molecule has 96 valence electrons. The van der Waals surface area contributed by atoms with E-state index in [2.05, 4.69) is 61.5 Å². The van der Waals surface area contributed by atoms with Gasteiger partial charge in [-0.05, 0) is 24.1 Å². The van der Waals surface area contributed by atoms with Crippen LogP contribution in [0.25, 0.3) is 0 Å². The molecule has 3 rings (SSSR count). The maximum atomic E-state index is 4.75. The van der Waals surface area contributed by atoms with Crippen LogP contribution in [0, 0.1) is 0 Å². The van der Waals surface area contributed by atoms with Gasteiger partial charge in [0, 0.05) is 11.0 Å². The molecule has 0 bridgehead atoms. The van der Waals surface area contributed by atoms with Crippen LogP contribution in [-0.4, -0.2) is 4.38 Å². The molecule has 0 aliphatic carbocycles. The summed E-state index contributed by atoms with van der Waals surface area (Å²) >= 11 is 3.69. The van der Waals surface area contributed by atoms with Crippen LogP contribution in [0.1, 0.15) is 23.3 Å². The molecular weight excluding hydrogens is 270 g/mol. The van der Waals surface area contributed by atoms with E-state index in [-0.39, 0.29) is 0 Å². The van der Waals surface area contributed by atoms with E-state index in [0.717, 1.165) is 11.4 Å². The van der Waals surface area contributed by atoms with Gasteiger partial charge in [-0.1, -0.05) is 72.1 Å². The van der Waals surface area contributed by atoms with Gasteiger partial charge in [-0.2, -0.15) is 0 Å². The molecule has 1 heterocycles. The summed E-state index contributed by atoms with van der Waals surface area (Å²) in [6.07, 6.45) is 0. The maximum absolute atomic E-state index is 4.75. The summed E-state index contributed by atoms with van der Waals surface area (Å²) in [6.45, 7) is 2.24. The van der Waals surface area contributed by atoms with Crippen LogP contribution in [0.15, 0.2) is 59.6 Å². The summed E-state index contributed by atoms with van der Waals surface area (Å²) in [7, 11) is 0. The third kappa shape index (κ3) is 3.04. The predicted molar refractivity (Wildman–Crippen MR) is 87.3 cm³/mol. The van der Waals surface area contributed by atoms with Gasteiger partial charge in [0.05, 0.1) is 5.69 Å². The lowest BCUT2D eigenvalue weighted by Crippen LogP contribution is -1.98. The van der Waals surface area contributed by atoms with Crippen LogP contribution in [-0.2, 0) is 5.75 Å². The Kier molecular flexibility index (Phi) is 3.95. The van der Waals surface area contributed by atoms with Crippen molar-refractivity contribution in [1.29, 1.82) is 0 Å². The van der Waals surface area contributed by atoms with Gasteiger partial charge in [-0.25, -0.2) is 4.99 Å². The van der Waals surface area contributed by atoms with Crippen molar-refractivity contribution < 1.29 is 0 Å².